The summed E-state index contributed by atoms with van der Waals surface area (Å²) < 4.78 is 11.0. The van der Waals surface area contributed by atoms with Crippen LogP contribution in [0.5, 0.6) is 11.5 Å². The van der Waals surface area contributed by atoms with Crippen molar-refractivity contribution >= 4 is 17.6 Å². The van der Waals surface area contributed by atoms with Gasteiger partial charge in [0.25, 0.3) is 0 Å². The number of nitrogens with zero attached hydrogens (tertiary/aromatic N) is 1. The fourth-order valence-corrected chi connectivity index (χ4v) is 4.04. The molecule has 4 rings (SSSR count). The third-order valence-electron chi connectivity index (χ3n) is 5.44. The molecule has 3 aromatic rings. The second kappa shape index (κ2) is 9.33. The minimum atomic E-state index is -0.481. The van der Waals surface area contributed by atoms with Gasteiger partial charge in [0, 0.05) is 12.6 Å². The van der Waals surface area contributed by atoms with Crippen LogP contribution in [0, 0.1) is 0 Å². The Morgan fingerprint density at radius 3 is 2.47 bits per heavy atom. The Morgan fingerprint density at radius 1 is 1.03 bits per heavy atom. The van der Waals surface area contributed by atoms with Gasteiger partial charge in [0.15, 0.2) is 6.61 Å². The summed E-state index contributed by atoms with van der Waals surface area (Å²) in [5, 5.41) is 0.447. The van der Waals surface area contributed by atoms with Crippen LogP contribution in [0.15, 0.2) is 72.8 Å². The number of hydrogen-bond acceptors (Lipinski definition) is 4. The van der Waals surface area contributed by atoms with Crippen LogP contribution in [-0.2, 0) is 17.6 Å². The van der Waals surface area contributed by atoms with Crippen LogP contribution in [0.3, 0.4) is 0 Å². The maximum absolute atomic E-state index is 12.3. The predicted octanol–water partition coefficient (Wildman–Crippen LogP) is 5.10. The molecule has 0 N–H and O–H groups in total. The maximum Gasteiger partial charge on any atom is 0.349 e. The lowest BCUT2D eigenvalue weighted by Crippen LogP contribution is -2.26. The van der Waals surface area contributed by atoms with Gasteiger partial charge in [-0.2, -0.15) is 0 Å². The smallest absolute Gasteiger partial charge is 0.349 e. The highest BCUT2D eigenvalue weighted by molar-refractivity contribution is 6.32. The van der Waals surface area contributed by atoms with Gasteiger partial charge >= 0.3 is 5.97 Å². The van der Waals surface area contributed by atoms with Gasteiger partial charge in [0.2, 0.25) is 0 Å². The summed E-state index contributed by atoms with van der Waals surface area (Å²) in [6, 6.07) is 23.8. The first-order chi connectivity index (χ1) is 14.6. The number of carbonyl (C=O) groups is 1. The highest BCUT2D eigenvalue weighted by atomic mass is 35.5. The number of fused-ring (bicyclic) bond motifs is 1. The highest BCUT2D eigenvalue weighted by Crippen LogP contribution is 2.35. The molecule has 0 fully saturated rings. The van der Waals surface area contributed by atoms with Crippen molar-refractivity contribution in [3.63, 3.8) is 0 Å². The number of hydrogen-bond donors (Lipinski definition) is 0. The average molecular weight is 422 g/mol. The van der Waals surface area contributed by atoms with E-state index in [1.165, 1.54) is 11.1 Å². The quantitative estimate of drug-likeness (QED) is 0.424. The molecule has 0 unspecified atom stereocenters. The molecule has 30 heavy (non-hydrogen) atoms. The van der Waals surface area contributed by atoms with Crippen LogP contribution < -0.4 is 9.47 Å². The van der Waals surface area contributed by atoms with E-state index in [2.05, 4.69) is 36.2 Å². The van der Waals surface area contributed by atoms with E-state index in [0.717, 1.165) is 24.9 Å². The molecule has 3 aromatic carbocycles. The van der Waals surface area contributed by atoms with Crippen LogP contribution >= 0.6 is 11.6 Å². The topological polar surface area (TPSA) is 38.8 Å². The van der Waals surface area contributed by atoms with Crippen molar-refractivity contribution in [1.82, 2.24) is 4.90 Å². The Kier molecular flexibility index (Phi) is 6.36. The van der Waals surface area contributed by atoms with Crippen molar-refractivity contribution in [2.75, 3.05) is 20.2 Å². The van der Waals surface area contributed by atoms with E-state index in [1.54, 1.807) is 12.1 Å². The third kappa shape index (κ3) is 4.84. The van der Waals surface area contributed by atoms with Crippen molar-refractivity contribution in [3.05, 3.63) is 94.5 Å². The van der Waals surface area contributed by atoms with Crippen molar-refractivity contribution in [2.45, 2.75) is 18.9 Å². The van der Waals surface area contributed by atoms with Gasteiger partial charge in [-0.1, -0.05) is 60.1 Å². The largest absolute Gasteiger partial charge is 0.482 e. The van der Waals surface area contributed by atoms with Crippen molar-refractivity contribution in [3.8, 4) is 11.5 Å². The molecule has 0 aliphatic carbocycles. The van der Waals surface area contributed by atoms with Gasteiger partial charge in [0.05, 0.1) is 5.02 Å². The van der Waals surface area contributed by atoms with E-state index >= 15 is 0 Å². The Labute approximate surface area is 182 Å². The lowest BCUT2D eigenvalue weighted by atomic mass is 9.96. The van der Waals surface area contributed by atoms with Crippen LogP contribution in [0.4, 0.5) is 0 Å². The summed E-state index contributed by atoms with van der Waals surface area (Å²) in [5.41, 5.74) is 3.63. The maximum atomic E-state index is 12.3. The number of benzene rings is 3. The van der Waals surface area contributed by atoms with E-state index in [4.69, 9.17) is 21.1 Å². The monoisotopic (exact) mass is 421 g/mol. The predicted molar refractivity (Wildman–Crippen MR) is 118 cm³/mol. The number of halogens is 1. The fraction of sp³-hybridized carbons (Fsp3) is 0.240. The Balaban J connectivity index is 1.50. The summed E-state index contributed by atoms with van der Waals surface area (Å²) in [4.78, 5) is 14.7. The first-order valence-corrected chi connectivity index (χ1v) is 10.4. The third-order valence-corrected chi connectivity index (χ3v) is 5.74. The first kappa shape index (κ1) is 20.5. The van der Waals surface area contributed by atoms with Gasteiger partial charge in [-0.25, -0.2) is 4.79 Å². The minimum Gasteiger partial charge on any atom is -0.482 e. The van der Waals surface area contributed by atoms with Crippen LogP contribution in [0.1, 0.15) is 22.7 Å². The van der Waals surface area contributed by atoms with Gasteiger partial charge in [-0.15, -0.1) is 0 Å². The van der Waals surface area contributed by atoms with Crippen LogP contribution in [0.25, 0.3) is 0 Å². The second-order valence-corrected chi connectivity index (χ2v) is 7.90. The Hall–Kier alpha value is -2.82. The normalized spacial score (nSPS) is 16.4. The van der Waals surface area contributed by atoms with Gasteiger partial charge in [0.1, 0.15) is 11.5 Å². The molecule has 0 radical (unpaired) electrons. The molecule has 154 valence electrons. The van der Waals surface area contributed by atoms with E-state index in [1.807, 2.05) is 36.4 Å². The Bertz CT molecular complexity index is 1010. The summed E-state index contributed by atoms with van der Waals surface area (Å²) in [6.45, 7) is 0.764. The molecule has 0 amide bonds. The summed E-state index contributed by atoms with van der Waals surface area (Å²) >= 11 is 6.43. The number of rotatable bonds is 5. The SMILES string of the molecule is CN1CCc2cc(Cl)c(OC(=O)COc3ccccc3)cc2C[C@H]1c1ccccc1. The number of esters is 1. The summed E-state index contributed by atoms with van der Waals surface area (Å²) in [5.74, 6) is 0.524. The molecular formula is C25H24ClNO3. The molecule has 0 saturated heterocycles. The Morgan fingerprint density at radius 2 is 1.73 bits per heavy atom. The van der Waals surface area contributed by atoms with Gasteiger partial charge < -0.3 is 9.47 Å². The average Bonchev–Trinajstić information content (AvgIpc) is 2.93. The standard InChI is InChI=1S/C25H24ClNO3/c1-27-13-12-19-14-22(26)24(30-25(28)17-29-21-10-6-3-7-11-21)16-20(19)15-23(27)18-8-4-2-5-9-18/h2-11,14,16,23H,12-13,15,17H2,1H3/t23-/m0/s1. The lowest BCUT2D eigenvalue weighted by molar-refractivity contribution is -0.136. The fourth-order valence-electron chi connectivity index (χ4n) is 3.81. The molecule has 0 spiro atoms. The van der Waals surface area contributed by atoms with E-state index < -0.39 is 5.97 Å². The number of ether oxygens (including phenoxy) is 2. The minimum absolute atomic E-state index is 0.174. The highest BCUT2D eigenvalue weighted by Gasteiger charge is 2.24. The van der Waals surface area contributed by atoms with Gasteiger partial charge in [-0.05, 0) is 60.8 Å². The lowest BCUT2D eigenvalue weighted by Gasteiger charge is -2.26. The number of para-hydroxylation sites is 1. The van der Waals surface area contributed by atoms with Crippen molar-refractivity contribution < 1.29 is 14.3 Å². The zero-order chi connectivity index (χ0) is 20.9. The van der Waals surface area contributed by atoms with E-state index in [0.29, 0.717) is 16.5 Å². The molecule has 0 saturated carbocycles. The zero-order valence-corrected chi connectivity index (χ0v) is 17.6. The molecule has 0 aromatic heterocycles. The van der Waals surface area contributed by atoms with E-state index in [-0.39, 0.29) is 12.6 Å². The molecule has 1 aliphatic heterocycles. The summed E-state index contributed by atoms with van der Waals surface area (Å²) in [6.07, 6.45) is 1.73. The first-order valence-electron chi connectivity index (χ1n) is 10.0. The molecule has 0 bridgehead atoms. The number of likely N-dealkylation sites (N-methyl/N-ethyl adjacent to an activating group) is 1. The van der Waals surface area contributed by atoms with Crippen LogP contribution in [0.2, 0.25) is 5.02 Å². The molecule has 5 heteroatoms. The summed E-state index contributed by atoms with van der Waals surface area (Å²) in [7, 11) is 2.15. The van der Waals surface area contributed by atoms with Crippen molar-refractivity contribution in [2.24, 2.45) is 0 Å². The number of carbonyl (C=O) groups excluding carboxylic acids is 1. The molecule has 1 atom stereocenters. The second-order valence-electron chi connectivity index (χ2n) is 7.49. The molecular weight excluding hydrogens is 398 g/mol. The van der Waals surface area contributed by atoms with Crippen molar-refractivity contribution in [1.29, 1.82) is 0 Å². The molecule has 1 aliphatic rings. The zero-order valence-electron chi connectivity index (χ0n) is 16.9. The molecule has 4 nitrogen and oxygen atoms in total. The van der Waals surface area contributed by atoms with Crippen LogP contribution in [-0.4, -0.2) is 31.1 Å². The molecule has 1 heterocycles. The van der Waals surface area contributed by atoms with E-state index in [9.17, 15) is 4.79 Å². The van der Waals surface area contributed by atoms with Gasteiger partial charge in [-0.3, -0.25) is 4.90 Å².